The minimum atomic E-state index is -0.306. The molecule has 0 aliphatic heterocycles. The molecule has 0 radical (unpaired) electrons. The molecule has 5 nitrogen and oxygen atoms in total. The van der Waals surface area contributed by atoms with E-state index in [9.17, 15) is 9.59 Å². The second kappa shape index (κ2) is 8.12. The van der Waals surface area contributed by atoms with Crippen LogP contribution in [0.3, 0.4) is 0 Å². The number of anilines is 1. The van der Waals surface area contributed by atoms with Gasteiger partial charge in [-0.3, -0.25) is 4.79 Å². The van der Waals surface area contributed by atoms with Crippen LogP contribution >= 0.6 is 0 Å². The molecule has 2 amide bonds. The molecule has 2 N–H and O–H groups in total. The lowest BCUT2D eigenvalue weighted by Gasteiger charge is -2.08. The van der Waals surface area contributed by atoms with Gasteiger partial charge in [0.1, 0.15) is 0 Å². The smallest absolute Gasteiger partial charge is 0.319 e. The molecule has 0 heterocycles. The summed E-state index contributed by atoms with van der Waals surface area (Å²) in [7, 11) is 0. The first-order valence-electron chi connectivity index (χ1n) is 6.37. The molecule has 1 aromatic rings. The highest BCUT2D eigenvalue weighted by molar-refractivity contribution is 5.95. The van der Waals surface area contributed by atoms with Gasteiger partial charge in [-0.25, -0.2) is 4.79 Å². The molecule has 0 fully saturated rings. The predicted molar refractivity (Wildman–Crippen MR) is 79.1 cm³/mol. The Kier molecular flexibility index (Phi) is 6.46. The summed E-state index contributed by atoms with van der Waals surface area (Å²) in [6.07, 6.45) is 0. The number of carbonyl (C=O) groups is 2. The molecule has 0 aliphatic rings. The van der Waals surface area contributed by atoms with Crippen molar-refractivity contribution in [1.82, 2.24) is 5.32 Å². The van der Waals surface area contributed by atoms with Crippen molar-refractivity contribution in [3.05, 3.63) is 42.0 Å². The Hall–Kier alpha value is -2.14. The van der Waals surface area contributed by atoms with Crippen molar-refractivity contribution in [2.45, 2.75) is 13.8 Å². The number of benzene rings is 1. The fourth-order valence-corrected chi connectivity index (χ4v) is 1.45. The van der Waals surface area contributed by atoms with E-state index in [1.54, 1.807) is 24.3 Å². The number of carbonyl (C=O) groups excluding carboxylic acids is 2. The van der Waals surface area contributed by atoms with E-state index in [0.29, 0.717) is 31.0 Å². The lowest BCUT2D eigenvalue weighted by Crippen LogP contribution is -2.31. The number of amides is 2. The third-order valence-corrected chi connectivity index (χ3v) is 2.43. The van der Waals surface area contributed by atoms with Gasteiger partial charge in [0.2, 0.25) is 0 Å². The molecule has 20 heavy (non-hydrogen) atoms. The summed E-state index contributed by atoms with van der Waals surface area (Å²) in [6, 6.07) is 6.42. The maximum absolute atomic E-state index is 11.6. The molecule has 0 atom stereocenters. The minimum Gasteiger partial charge on any atom is -0.375 e. The third kappa shape index (κ3) is 6.15. The van der Waals surface area contributed by atoms with Crippen molar-refractivity contribution in [2.24, 2.45) is 0 Å². The van der Waals surface area contributed by atoms with Crippen molar-refractivity contribution in [2.75, 3.05) is 25.1 Å². The van der Waals surface area contributed by atoms with E-state index in [1.165, 1.54) is 6.92 Å². The van der Waals surface area contributed by atoms with Crippen LogP contribution in [0.5, 0.6) is 0 Å². The zero-order valence-corrected chi connectivity index (χ0v) is 11.9. The van der Waals surface area contributed by atoms with Gasteiger partial charge in [-0.05, 0) is 38.1 Å². The van der Waals surface area contributed by atoms with E-state index >= 15 is 0 Å². The number of ketones is 1. The Morgan fingerprint density at radius 3 is 2.40 bits per heavy atom. The van der Waals surface area contributed by atoms with Crippen LogP contribution in [0, 0.1) is 0 Å². The Balaban J connectivity index is 2.28. The standard InChI is InChI=1S/C15H20N2O3/c1-11(2)10-20-9-8-16-15(19)17-14-6-4-13(5-7-14)12(3)18/h4-7H,1,8-10H2,2-3H3,(H2,16,17,19). The molecular weight excluding hydrogens is 256 g/mol. The van der Waals surface area contributed by atoms with E-state index in [0.717, 1.165) is 5.57 Å². The van der Waals surface area contributed by atoms with Crippen LogP contribution < -0.4 is 10.6 Å². The molecule has 108 valence electrons. The SMILES string of the molecule is C=C(C)COCCNC(=O)Nc1ccc(C(C)=O)cc1. The van der Waals surface area contributed by atoms with E-state index in [-0.39, 0.29) is 11.8 Å². The van der Waals surface area contributed by atoms with Crippen molar-refractivity contribution in [3.8, 4) is 0 Å². The van der Waals surface area contributed by atoms with Gasteiger partial charge in [-0.1, -0.05) is 12.2 Å². The minimum absolute atomic E-state index is 0.00402. The van der Waals surface area contributed by atoms with Crippen LogP contribution in [-0.4, -0.2) is 31.6 Å². The molecule has 0 aliphatic carbocycles. The van der Waals surface area contributed by atoms with Crippen LogP contribution in [0.25, 0.3) is 0 Å². The number of urea groups is 1. The fraction of sp³-hybridized carbons (Fsp3) is 0.333. The second-order valence-corrected chi connectivity index (χ2v) is 4.52. The lowest BCUT2D eigenvalue weighted by atomic mass is 10.1. The summed E-state index contributed by atoms with van der Waals surface area (Å²) in [5, 5.41) is 5.34. The zero-order chi connectivity index (χ0) is 15.0. The predicted octanol–water partition coefficient (Wildman–Crippen LogP) is 2.60. The molecule has 0 bridgehead atoms. The van der Waals surface area contributed by atoms with Crippen molar-refractivity contribution >= 4 is 17.5 Å². The largest absolute Gasteiger partial charge is 0.375 e. The third-order valence-electron chi connectivity index (χ3n) is 2.43. The number of nitrogens with one attached hydrogen (secondary N) is 2. The van der Waals surface area contributed by atoms with Crippen molar-refractivity contribution in [3.63, 3.8) is 0 Å². The molecule has 5 heteroatoms. The average molecular weight is 276 g/mol. The Morgan fingerprint density at radius 1 is 1.20 bits per heavy atom. The first kappa shape index (κ1) is 15.9. The highest BCUT2D eigenvalue weighted by Gasteiger charge is 2.02. The van der Waals surface area contributed by atoms with Gasteiger partial charge in [0.25, 0.3) is 0 Å². The Bertz CT molecular complexity index is 480. The number of ether oxygens (including phenoxy) is 1. The summed E-state index contributed by atoms with van der Waals surface area (Å²) < 4.78 is 5.26. The van der Waals surface area contributed by atoms with E-state index in [2.05, 4.69) is 17.2 Å². The number of Topliss-reactive ketones (excluding diaryl/α,β-unsaturated/α-hetero) is 1. The number of hydrogen-bond donors (Lipinski definition) is 2. The average Bonchev–Trinajstić information content (AvgIpc) is 2.38. The second-order valence-electron chi connectivity index (χ2n) is 4.52. The monoisotopic (exact) mass is 276 g/mol. The van der Waals surface area contributed by atoms with E-state index in [4.69, 9.17) is 4.74 Å². The van der Waals surface area contributed by atoms with E-state index in [1.807, 2.05) is 6.92 Å². The molecule has 0 spiro atoms. The highest BCUT2D eigenvalue weighted by atomic mass is 16.5. The summed E-state index contributed by atoms with van der Waals surface area (Å²) in [6.45, 7) is 8.45. The van der Waals surface area contributed by atoms with Crippen LogP contribution in [0.4, 0.5) is 10.5 Å². The first-order chi connectivity index (χ1) is 9.49. The molecular formula is C15H20N2O3. The quantitative estimate of drug-likeness (QED) is 0.457. The van der Waals surface area contributed by atoms with Gasteiger partial charge in [0.15, 0.2) is 5.78 Å². The summed E-state index contributed by atoms with van der Waals surface area (Å²) in [4.78, 5) is 22.7. The highest BCUT2D eigenvalue weighted by Crippen LogP contribution is 2.09. The molecule has 1 aromatic carbocycles. The topological polar surface area (TPSA) is 67.4 Å². The molecule has 0 saturated carbocycles. The molecule has 0 unspecified atom stereocenters. The molecule has 0 aromatic heterocycles. The van der Waals surface area contributed by atoms with Gasteiger partial charge >= 0.3 is 6.03 Å². The number of rotatable bonds is 7. The van der Waals surface area contributed by atoms with Crippen LogP contribution in [0.2, 0.25) is 0 Å². The van der Waals surface area contributed by atoms with Crippen molar-refractivity contribution < 1.29 is 14.3 Å². The first-order valence-corrected chi connectivity index (χ1v) is 6.37. The summed E-state index contributed by atoms with van der Waals surface area (Å²) in [5.41, 5.74) is 2.19. The Morgan fingerprint density at radius 2 is 1.85 bits per heavy atom. The zero-order valence-electron chi connectivity index (χ0n) is 11.9. The van der Waals surface area contributed by atoms with E-state index < -0.39 is 0 Å². The molecule has 1 rings (SSSR count). The molecule has 0 saturated heterocycles. The number of hydrogen-bond acceptors (Lipinski definition) is 3. The summed E-state index contributed by atoms with van der Waals surface area (Å²) >= 11 is 0. The van der Waals surface area contributed by atoms with Gasteiger partial charge < -0.3 is 15.4 Å². The van der Waals surface area contributed by atoms with Crippen molar-refractivity contribution in [1.29, 1.82) is 0 Å². The maximum Gasteiger partial charge on any atom is 0.319 e. The maximum atomic E-state index is 11.6. The van der Waals surface area contributed by atoms with Crippen LogP contribution in [0.15, 0.2) is 36.4 Å². The van der Waals surface area contributed by atoms with Gasteiger partial charge in [-0.15, -0.1) is 0 Å². The van der Waals surface area contributed by atoms with Gasteiger partial charge in [0, 0.05) is 17.8 Å². The summed E-state index contributed by atoms with van der Waals surface area (Å²) in [5.74, 6) is -0.00402. The normalized spacial score (nSPS) is 9.90. The van der Waals surface area contributed by atoms with Gasteiger partial charge in [0.05, 0.1) is 13.2 Å². The fourth-order valence-electron chi connectivity index (χ4n) is 1.45. The van der Waals surface area contributed by atoms with Crippen LogP contribution in [0.1, 0.15) is 24.2 Å². The van der Waals surface area contributed by atoms with Gasteiger partial charge in [-0.2, -0.15) is 0 Å². The Labute approximate surface area is 119 Å². The lowest BCUT2D eigenvalue weighted by molar-refractivity contribution is 0.101. The van der Waals surface area contributed by atoms with Crippen LogP contribution in [-0.2, 0) is 4.74 Å².